The first-order valence-electron chi connectivity index (χ1n) is 8.76. The first-order chi connectivity index (χ1) is 13.4. The van der Waals surface area contributed by atoms with Crippen LogP contribution in [-0.2, 0) is 16.0 Å². The van der Waals surface area contributed by atoms with Crippen LogP contribution in [0.4, 0.5) is 10.1 Å². The summed E-state index contributed by atoms with van der Waals surface area (Å²) in [5.74, 6) is -0.862. The lowest BCUT2D eigenvalue weighted by Gasteiger charge is -2.22. The number of hydrogen-bond donors (Lipinski definition) is 2. The van der Waals surface area contributed by atoms with Gasteiger partial charge in [0.05, 0.1) is 10.9 Å². The standard InChI is InChI=1S/C20H19FN4O3/c21-13-5-7-14(8-6-13)25(12-11-17(22)26)19(27)10-9-18-23-16-4-2-1-3-15(16)20(28)24-18/h1-8H,9-12H2,(H2,22,26)(H,23,24,28). The highest BCUT2D eigenvalue weighted by Gasteiger charge is 2.17. The van der Waals surface area contributed by atoms with Crippen LogP contribution in [0.3, 0.4) is 0 Å². The van der Waals surface area contributed by atoms with Crippen LogP contribution in [0.15, 0.2) is 53.3 Å². The maximum Gasteiger partial charge on any atom is 0.258 e. The summed E-state index contributed by atoms with van der Waals surface area (Å²) >= 11 is 0. The van der Waals surface area contributed by atoms with Gasteiger partial charge >= 0.3 is 0 Å². The number of anilines is 1. The fourth-order valence-corrected chi connectivity index (χ4v) is 2.85. The van der Waals surface area contributed by atoms with Crippen molar-refractivity contribution in [3.05, 3.63) is 70.5 Å². The van der Waals surface area contributed by atoms with Crippen LogP contribution in [0.5, 0.6) is 0 Å². The van der Waals surface area contributed by atoms with E-state index < -0.39 is 11.7 Å². The van der Waals surface area contributed by atoms with Crippen molar-refractivity contribution in [2.24, 2.45) is 5.73 Å². The molecule has 2 amide bonds. The van der Waals surface area contributed by atoms with Crippen molar-refractivity contribution in [1.29, 1.82) is 0 Å². The fraction of sp³-hybridized carbons (Fsp3) is 0.200. The Morgan fingerprint density at radius 2 is 1.79 bits per heavy atom. The minimum absolute atomic E-state index is 0.0197. The first kappa shape index (κ1) is 19.2. The summed E-state index contributed by atoms with van der Waals surface area (Å²) in [7, 11) is 0. The number of aromatic nitrogens is 2. The van der Waals surface area contributed by atoms with E-state index in [1.54, 1.807) is 24.3 Å². The van der Waals surface area contributed by atoms with Crippen LogP contribution in [-0.4, -0.2) is 28.3 Å². The number of aromatic amines is 1. The molecule has 0 saturated carbocycles. The summed E-state index contributed by atoms with van der Waals surface area (Å²) in [6.45, 7) is 0.0848. The van der Waals surface area contributed by atoms with Crippen molar-refractivity contribution >= 4 is 28.4 Å². The molecular formula is C20H19FN4O3. The van der Waals surface area contributed by atoms with Crippen LogP contribution in [0.1, 0.15) is 18.7 Å². The maximum atomic E-state index is 13.2. The zero-order chi connectivity index (χ0) is 20.1. The molecule has 0 saturated heterocycles. The van der Waals surface area contributed by atoms with Gasteiger partial charge in [-0.3, -0.25) is 14.4 Å². The summed E-state index contributed by atoms with van der Waals surface area (Å²) in [4.78, 5) is 44.4. The Labute approximate surface area is 160 Å². The number of carbonyl (C=O) groups is 2. The third-order valence-corrected chi connectivity index (χ3v) is 4.26. The smallest absolute Gasteiger partial charge is 0.258 e. The van der Waals surface area contributed by atoms with Gasteiger partial charge < -0.3 is 15.6 Å². The van der Waals surface area contributed by atoms with E-state index in [1.807, 2.05) is 0 Å². The van der Waals surface area contributed by atoms with Crippen molar-refractivity contribution in [3.63, 3.8) is 0 Å². The molecule has 0 spiro atoms. The van der Waals surface area contributed by atoms with Crippen LogP contribution in [0.2, 0.25) is 0 Å². The zero-order valence-electron chi connectivity index (χ0n) is 15.0. The molecule has 144 valence electrons. The summed E-state index contributed by atoms with van der Waals surface area (Å²) in [6.07, 6.45) is 0.249. The number of aryl methyl sites for hydroxylation is 1. The summed E-state index contributed by atoms with van der Waals surface area (Å²) in [5, 5.41) is 0.479. The minimum Gasteiger partial charge on any atom is -0.370 e. The topological polar surface area (TPSA) is 109 Å². The van der Waals surface area contributed by atoms with Gasteiger partial charge in [0.25, 0.3) is 5.56 Å². The highest BCUT2D eigenvalue weighted by molar-refractivity contribution is 5.94. The number of amides is 2. The first-order valence-corrected chi connectivity index (χ1v) is 8.76. The molecule has 0 unspecified atom stereocenters. The zero-order valence-corrected chi connectivity index (χ0v) is 15.0. The molecule has 0 aliphatic heterocycles. The maximum absolute atomic E-state index is 13.2. The largest absolute Gasteiger partial charge is 0.370 e. The lowest BCUT2D eigenvalue weighted by molar-refractivity contribution is -0.119. The van der Waals surface area contributed by atoms with Gasteiger partial charge in [-0.1, -0.05) is 12.1 Å². The number of primary amides is 1. The van der Waals surface area contributed by atoms with E-state index >= 15 is 0 Å². The molecule has 8 heteroatoms. The molecule has 0 bridgehead atoms. The lowest BCUT2D eigenvalue weighted by Crippen LogP contribution is -2.34. The number of rotatable bonds is 7. The highest BCUT2D eigenvalue weighted by Crippen LogP contribution is 2.17. The Hall–Kier alpha value is -3.55. The second kappa shape index (κ2) is 8.43. The second-order valence-corrected chi connectivity index (χ2v) is 6.27. The van der Waals surface area contributed by atoms with Crippen molar-refractivity contribution in [1.82, 2.24) is 9.97 Å². The quantitative estimate of drug-likeness (QED) is 0.650. The Balaban J connectivity index is 1.77. The monoisotopic (exact) mass is 382 g/mol. The van der Waals surface area contributed by atoms with Crippen LogP contribution in [0, 0.1) is 5.82 Å². The Bertz CT molecular complexity index is 1060. The highest BCUT2D eigenvalue weighted by atomic mass is 19.1. The molecule has 3 N–H and O–H groups in total. The molecule has 0 fully saturated rings. The SMILES string of the molecule is NC(=O)CCN(C(=O)CCc1nc2ccccc2c(=O)[nH]1)c1ccc(F)cc1. The normalized spacial score (nSPS) is 10.8. The Morgan fingerprint density at radius 1 is 1.07 bits per heavy atom. The summed E-state index contributed by atoms with van der Waals surface area (Å²) in [5.41, 5.74) is 5.94. The number of hydrogen-bond acceptors (Lipinski definition) is 4. The molecule has 0 atom stereocenters. The minimum atomic E-state index is -0.541. The van der Waals surface area contributed by atoms with Crippen LogP contribution >= 0.6 is 0 Å². The fourth-order valence-electron chi connectivity index (χ4n) is 2.85. The number of para-hydroxylation sites is 1. The molecule has 0 aliphatic rings. The number of halogens is 1. The van der Waals surface area contributed by atoms with E-state index in [-0.39, 0.29) is 37.3 Å². The van der Waals surface area contributed by atoms with Gasteiger partial charge in [-0.15, -0.1) is 0 Å². The van der Waals surface area contributed by atoms with Gasteiger partial charge in [0, 0.05) is 31.5 Å². The van der Waals surface area contributed by atoms with E-state index in [4.69, 9.17) is 5.73 Å². The number of benzene rings is 2. The number of fused-ring (bicyclic) bond motifs is 1. The predicted molar refractivity (Wildman–Crippen MR) is 103 cm³/mol. The van der Waals surface area contributed by atoms with Gasteiger partial charge in [0.1, 0.15) is 11.6 Å². The molecular weight excluding hydrogens is 363 g/mol. The molecule has 3 rings (SSSR count). The van der Waals surface area contributed by atoms with E-state index in [0.29, 0.717) is 22.4 Å². The van der Waals surface area contributed by atoms with Crippen LogP contribution < -0.4 is 16.2 Å². The predicted octanol–water partition coefficient (Wildman–Crippen LogP) is 1.90. The van der Waals surface area contributed by atoms with Crippen LogP contribution in [0.25, 0.3) is 10.9 Å². The molecule has 28 heavy (non-hydrogen) atoms. The average Bonchev–Trinajstić information content (AvgIpc) is 2.67. The van der Waals surface area contributed by atoms with Crippen molar-refractivity contribution in [3.8, 4) is 0 Å². The molecule has 0 aliphatic carbocycles. The molecule has 7 nitrogen and oxygen atoms in total. The average molecular weight is 382 g/mol. The van der Waals surface area contributed by atoms with Gasteiger partial charge in [-0.05, 0) is 36.4 Å². The van der Waals surface area contributed by atoms with Gasteiger partial charge in [0.2, 0.25) is 11.8 Å². The Kier molecular flexibility index (Phi) is 5.78. The number of nitrogens with one attached hydrogen (secondary N) is 1. The van der Waals surface area contributed by atoms with E-state index in [1.165, 1.54) is 29.2 Å². The van der Waals surface area contributed by atoms with Crippen molar-refractivity contribution in [2.75, 3.05) is 11.4 Å². The molecule has 1 heterocycles. The summed E-state index contributed by atoms with van der Waals surface area (Å²) < 4.78 is 13.2. The number of nitrogens with zero attached hydrogens (tertiary/aromatic N) is 2. The van der Waals surface area contributed by atoms with E-state index in [2.05, 4.69) is 9.97 Å². The number of carbonyl (C=O) groups excluding carboxylic acids is 2. The molecule has 2 aromatic carbocycles. The van der Waals surface area contributed by atoms with E-state index in [0.717, 1.165) is 0 Å². The lowest BCUT2D eigenvalue weighted by atomic mass is 10.2. The summed E-state index contributed by atoms with van der Waals surface area (Å²) in [6, 6.07) is 12.3. The van der Waals surface area contributed by atoms with Gasteiger partial charge in [-0.25, -0.2) is 9.37 Å². The van der Waals surface area contributed by atoms with E-state index in [9.17, 15) is 18.8 Å². The molecule has 0 radical (unpaired) electrons. The third kappa shape index (κ3) is 4.59. The second-order valence-electron chi connectivity index (χ2n) is 6.27. The van der Waals surface area contributed by atoms with Crippen molar-refractivity contribution in [2.45, 2.75) is 19.3 Å². The Morgan fingerprint density at radius 3 is 2.50 bits per heavy atom. The number of H-pyrrole nitrogens is 1. The van der Waals surface area contributed by atoms with Gasteiger partial charge in [0.15, 0.2) is 0 Å². The molecule has 1 aromatic heterocycles. The third-order valence-electron chi connectivity index (χ3n) is 4.26. The number of nitrogens with two attached hydrogens (primary N) is 1. The van der Waals surface area contributed by atoms with Crippen molar-refractivity contribution < 1.29 is 14.0 Å². The van der Waals surface area contributed by atoms with Gasteiger partial charge in [-0.2, -0.15) is 0 Å². The molecule has 3 aromatic rings.